The third-order valence-electron chi connectivity index (χ3n) is 3.56. The second-order valence-electron chi connectivity index (χ2n) is 5.01. The highest BCUT2D eigenvalue weighted by Gasteiger charge is 2.10. The minimum Gasteiger partial charge on any atom is -0.438 e. The summed E-state index contributed by atoms with van der Waals surface area (Å²) < 4.78 is 5.89. The van der Waals surface area contributed by atoms with Gasteiger partial charge in [-0.25, -0.2) is 4.98 Å². The molecule has 0 atom stereocenters. The summed E-state index contributed by atoms with van der Waals surface area (Å²) in [7, 11) is 1.90. The molecule has 0 saturated heterocycles. The molecule has 4 nitrogen and oxygen atoms in total. The van der Waals surface area contributed by atoms with Crippen molar-refractivity contribution in [3.05, 3.63) is 59.8 Å². The number of anilines is 1. The Labute approximate surface area is 128 Å². The van der Waals surface area contributed by atoms with E-state index in [9.17, 15) is 4.79 Å². The molecule has 0 spiro atoms. The fraction of sp³-hybridized carbons (Fsp3) is 0.111. The first-order valence-corrected chi connectivity index (χ1v) is 7.02. The third-order valence-corrected chi connectivity index (χ3v) is 3.56. The van der Waals surface area contributed by atoms with E-state index in [1.54, 1.807) is 30.5 Å². The largest absolute Gasteiger partial charge is 0.438 e. The van der Waals surface area contributed by atoms with Crippen LogP contribution in [0.2, 0.25) is 0 Å². The van der Waals surface area contributed by atoms with Gasteiger partial charge in [0.15, 0.2) is 0 Å². The van der Waals surface area contributed by atoms with Crippen molar-refractivity contribution in [2.24, 2.45) is 0 Å². The predicted octanol–water partition coefficient (Wildman–Crippen LogP) is 4.19. The van der Waals surface area contributed by atoms with Gasteiger partial charge in [0.05, 0.1) is 0 Å². The van der Waals surface area contributed by atoms with Crippen molar-refractivity contribution in [3.8, 4) is 11.6 Å². The molecule has 1 heterocycles. The van der Waals surface area contributed by atoms with Crippen LogP contribution in [0, 0.1) is 6.92 Å². The van der Waals surface area contributed by atoms with Crippen molar-refractivity contribution in [1.29, 1.82) is 0 Å². The molecule has 0 bridgehead atoms. The summed E-state index contributed by atoms with van der Waals surface area (Å²) >= 11 is 0. The second-order valence-corrected chi connectivity index (χ2v) is 5.01. The molecule has 0 aliphatic carbocycles. The van der Waals surface area contributed by atoms with Crippen LogP contribution in [0.15, 0.2) is 48.7 Å². The lowest BCUT2D eigenvalue weighted by Crippen LogP contribution is -1.95. The molecule has 1 N–H and O–H groups in total. The van der Waals surface area contributed by atoms with Gasteiger partial charge in [0.1, 0.15) is 12.0 Å². The molecule has 1 aromatic heterocycles. The number of fused-ring (bicyclic) bond motifs is 1. The van der Waals surface area contributed by atoms with Crippen LogP contribution in [0.25, 0.3) is 10.8 Å². The van der Waals surface area contributed by atoms with E-state index in [2.05, 4.69) is 10.3 Å². The van der Waals surface area contributed by atoms with Gasteiger partial charge in [0.2, 0.25) is 5.88 Å². The standard InChI is InChI=1S/C18H16N2O2/c1-12-10-20-18(15-4-3-5-16(19-2)17(12)15)22-14-8-6-13(11-21)7-9-14/h3-11,19H,1-2H3. The fourth-order valence-electron chi connectivity index (χ4n) is 2.46. The lowest BCUT2D eigenvalue weighted by Gasteiger charge is -2.12. The maximum absolute atomic E-state index is 10.7. The van der Waals surface area contributed by atoms with Gasteiger partial charge in [0.25, 0.3) is 0 Å². The van der Waals surface area contributed by atoms with E-state index in [4.69, 9.17) is 4.74 Å². The summed E-state index contributed by atoms with van der Waals surface area (Å²) in [6.07, 6.45) is 2.61. The number of carbonyl (C=O) groups is 1. The first-order chi connectivity index (χ1) is 10.7. The number of aldehydes is 1. The number of nitrogens with zero attached hydrogens (tertiary/aromatic N) is 1. The maximum atomic E-state index is 10.7. The Hall–Kier alpha value is -2.88. The Morgan fingerprint density at radius 2 is 1.91 bits per heavy atom. The smallest absolute Gasteiger partial charge is 0.227 e. The number of rotatable bonds is 4. The first-order valence-electron chi connectivity index (χ1n) is 7.02. The number of pyridine rings is 1. The van der Waals surface area contributed by atoms with E-state index in [1.807, 2.05) is 32.2 Å². The number of benzene rings is 2. The lowest BCUT2D eigenvalue weighted by molar-refractivity contribution is 0.112. The van der Waals surface area contributed by atoms with Gasteiger partial charge in [-0.15, -0.1) is 0 Å². The topological polar surface area (TPSA) is 51.2 Å². The Bertz CT molecular complexity index is 826. The van der Waals surface area contributed by atoms with Crippen LogP contribution in [0.5, 0.6) is 11.6 Å². The molecule has 0 saturated carbocycles. The van der Waals surface area contributed by atoms with Crippen LogP contribution < -0.4 is 10.1 Å². The summed E-state index contributed by atoms with van der Waals surface area (Å²) in [5, 5.41) is 5.24. The Morgan fingerprint density at radius 1 is 1.14 bits per heavy atom. The fourth-order valence-corrected chi connectivity index (χ4v) is 2.46. The Morgan fingerprint density at radius 3 is 2.59 bits per heavy atom. The molecular weight excluding hydrogens is 276 g/mol. The van der Waals surface area contributed by atoms with Crippen molar-refractivity contribution < 1.29 is 9.53 Å². The number of aryl methyl sites for hydroxylation is 1. The molecule has 0 radical (unpaired) electrons. The molecule has 2 aromatic carbocycles. The molecule has 4 heteroatoms. The van der Waals surface area contributed by atoms with E-state index in [0.29, 0.717) is 17.2 Å². The van der Waals surface area contributed by atoms with Gasteiger partial charge >= 0.3 is 0 Å². The van der Waals surface area contributed by atoms with Gasteiger partial charge < -0.3 is 10.1 Å². The van der Waals surface area contributed by atoms with Crippen molar-refractivity contribution >= 4 is 22.7 Å². The number of hydrogen-bond acceptors (Lipinski definition) is 4. The SMILES string of the molecule is CNc1cccc2c(Oc3ccc(C=O)cc3)ncc(C)c12. The van der Waals surface area contributed by atoms with Crippen LogP contribution in [0.3, 0.4) is 0 Å². The second kappa shape index (κ2) is 5.85. The Kier molecular flexibility index (Phi) is 3.74. The maximum Gasteiger partial charge on any atom is 0.227 e. The molecule has 0 amide bonds. The van der Waals surface area contributed by atoms with E-state index in [-0.39, 0.29) is 0 Å². The normalized spacial score (nSPS) is 10.5. The highest BCUT2D eigenvalue weighted by atomic mass is 16.5. The van der Waals surface area contributed by atoms with Crippen molar-refractivity contribution in [2.75, 3.05) is 12.4 Å². The number of ether oxygens (including phenoxy) is 1. The number of nitrogens with one attached hydrogen (secondary N) is 1. The molecule has 0 aliphatic heterocycles. The zero-order valence-corrected chi connectivity index (χ0v) is 12.5. The highest BCUT2D eigenvalue weighted by molar-refractivity contribution is 5.99. The van der Waals surface area contributed by atoms with Crippen LogP contribution in [0.4, 0.5) is 5.69 Å². The van der Waals surface area contributed by atoms with Crippen molar-refractivity contribution in [1.82, 2.24) is 4.98 Å². The van der Waals surface area contributed by atoms with Crippen LogP contribution in [-0.4, -0.2) is 18.3 Å². The average Bonchev–Trinajstić information content (AvgIpc) is 2.57. The number of hydrogen-bond donors (Lipinski definition) is 1. The summed E-state index contributed by atoms with van der Waals surface area (Å²) in [6, 6.07) is 13.0. The van der Waals surface area contributed by atoms with Crippen molar-refractivity contribution in [3.63, 3.8) is 0 Å². The molecule has 0 unspecified atom stereocenters. The van der Waals surface area contributed by atoms with Crippen LogP contribution in [-0.2, 0) is 0 Å². The Balaban J connectivity index is 2.07. The van der Waals surface area contributed by atoms with Crippen LogP contribution >= 0.6 is 0 Å². The molecule has 3 aromatic rings. The zero-order chi connectivity index (χ0) is 15.5. The van der Waals surface area contributed by atoms with Gasteiger partial charge in [-0.3, -0.25) is 4.79 Å². The monoisotopic (exact) mass is 292 g/mol. The highest BCUT2D eigenvalue weighted by Crippen LogP contribution is 2.33. The minimum atomic E-state index is 0.552. The van der Waals surface area contributed by atoms with E-state index >= 15 is 0 Å². The quantitative estimate of drug-likeness (QED) is 0.733. The predicted molar refractivity (Wildman–Crippen MR) is 87.9 cm³/mol. The summed E-state index contributed by atoms with van der Waals surface area (Å²) in [5.41, 5.74) is 2.74. The molecule has 110 valence electrons. The zero-order valence-electron chi connectivity index (χ0n) is 12.5. The van der Waals surface area contributed by atoms with E-state index in [1.165, 1.54) is 0 Å². The first kappa shape index (κ1) is 14.1. The van der Waals surface area contributed by atoms with E-state index < -0.39 is 0 Å². The van der Waals surface area contributed by atoms with Gasteiger partial charge in [-0.2, -0.15) is 0 Å². The summed E-state index contributed by atoms with van der Waals surface area (Å²) in [6.45, 7) is 2.03. The number of aromatic nitrogens is 1. The van der Waals surface area contributed by atoms with E-state index in [0.717, 1.165) is 28.3 Å². The molecule has 3 rings (SSSR count). The number of carbonyl (C=O) groups excluding carboxylic acids is 1. The molecular formula is C18H16N2O2. The van der Waals surface area contributed by atoms with Crippen molar-refractivity contribution in [2.45, 2.75) is 6.92 Å². The van der Waals surface area contributed by atoms with Gasteiger partial charge in [-0.1, -0.05) is 6.07 Å². The summed E-state index contributed by atoms with van der Waals surface area (Å²) in [4.78, 5) is 15.1. The summed E-state index contributed by atoms with van der Waals surface area (Å²) in [5.74, 6) is 1.20. The van der Waals surface area contributed by atoms with Gasteiger partial charge in [0, 0.05) is 35.3 Å². The van der Waals surface area contributed by atoms with Gasteiger partial charge in [-0.05, 0) is 48.9 Å². The third kappa shape index (κ3) is 2.51. The average molecular weight is 292 g/mol. The minimum absolute atomic E-state index is 0.552. The molecule has 0 fully saturated rings. The molecule has 22 heavy (non-hydrogen) atoms. The molecule has 0 aliphatic rings. The van der Waals surface area contributed by atoms with Crippen LogP contribution in [0.1, 0.15) is 15.9 Å². The lowest BCUT2D eigenvalue weighted by atomic mass is 10.1.